The molecule has 0 N–H and O–H groups in total. The van der Waals surface area contributed by atoms with Crippen LogP contribution in [-0.2, 0) is 6.42 Å². The van der Waals surface area contributed by atoms with E-state index in [1.165, 1.54) is 56.6 Å². The molecule has 122 valence electrons. The van der Waals surface area contributed by atoms with Gasteiger partial charge in [0.2, 0.25) is 0 Å². The number of nitrogens with zero attached hydrogens (tertiary/aromatic N) is 4. The summed E-state index contributed by atoms with van der Waals surface area (Å²) in [4.78, 5) is 16.1. The number of thiophene rings is 1. The average Bonchev–Trinajstić information content (AvgIpc) is 3.27. The van der Waals surface area contributed by atoms with Crippen LogP contribution in [0.3, 0.4) is 0 Å². The zero-order valence-corrected chi connectivity index (χ0v) is 14.6. The van der Waals surface area contributed by atoms with E-state index >= 15 is 0 Å². The fourth-order valence-corrected chi connectivity index (χ4v) is 5.79. The predicted molar refractivity (Wildman–Crippen MR) is 95.2 cm³/mol. The minimum Gasteiger partial charge on any atom is -0.355 e. The molecule has 3 fully saturated rings. The van der Waals surface area contributed by atoms with Crippen LogP contribution in [0.5, 0.6) is 0 Å². The molecule has 0 radical (unpaired) electrons. The molecular formula is C18H24N4S. The average molecular weight is 328 g/mol. The van der Waals surface area contributed by atoms with E-state index < -0.39 is 0 Å². The van der Waals surface area contributed by atoms with Gasteiger partial charge in [0.25, 0.3) is 0 Å². The Kier molecular flexibility index (Phi) is 3.34. The highest BCUT2D eigenvalue weighted by Gasteiger charge is 2.47. The lowest BCUT2D eigenvalue weighted by molar-refractivity contribution is 0.173. The number of fused-ring (bicyclic) bond motifs is 4. The lowest BCUT2D eigenvalue weighted by Gasteiger charge is -2.33. The molecule has 0 spiro atoms. The van der Waals surface area contributed by atoms with E-state index in [0.717, 1.165) is 35.0 Å². The quantitative estimate of drug-likeness (QED) is 0.847. The number of aromatic nitrogens is 2. The fourth-order valence-electron chi connectivity index (χ4n) is 5.01. The zero-order chi connectivity index (χ0) is 15.4. The SMILES string of the molecule is CCc1nc(N2CC3CN4CCCCC4C3C2)c2ccsc2n1. The number of aryl methyl sites for hydroxylation is 1. The maximum Gasteiger partial charge on any atom is 0.141 e. The molecule has 2 aromatic rings. The number of hydrogen-bond acceptors (Lipinski definition) is 5. The molecule has 3 saturated heterocycles. The zero-order valence-electron chi connectivity index (χ0n) is 13.7. The summed E-state index contributed by atoms with van der Waals surface area (Å²) in [5.41, 5.74) is 0. The van der Waals surface area contributed by atoms with E-state index in [0.29, 0.717) is 0 Å². The normalized spacial score (nSPS) is 30.8. The van der Waals surface area contributed by atoms with E-state index in [2.05, 4.69) is 28.2 Å². The molecule has 4 nitrogen and oxygen atoms in total. The van der Waals surface area contributed by atoms with Gasteiger partial charge in [-0.1, -0.05) is 13.3 Å². The molecule has 0 saturated carbocycles. The first-order chi connectivity index (χ1) is 11.3. The van der Waals surface area contributed by atoms with E-state index in [4.69, 9.17) is 9.97 Å². The van der Waals surface area contributed by atoms with Gasteiger partial charge in [0.05, 0.1) is 5.39 Å². The van der Waals surface area contributed by atoms with Gasteiger partial charge < -0.3 is 4.90 Å². The molecule has 2 aromatic heterocycles. The van der Waals surface area contributed by atoms with Crippen LogP contribution in [-0.4, -0.2) is 47.1 Å². The number of anilines is 1. The maximum atomic E-state index is 4.91. The van der Waals surface area contributed by atoms with Crippen LogP contribution in [0.1, 0.15) is 32.0 Å². The number of hydrogen-bond donors (Lipinski definition) is 0. The van der Waals surface area contributed by atoms with Crippen molar-refractivity contribution in [2.24, 2.45) is 11.8 Å². The van der Waals surface area contributed by atoms with Gasteiger partial charge in [-0.25, -0.2) is 9.97 Å². The Morgan fingerprint density at radius 2 is 2.17 bits per heavy atom. The summed E-state index contributed by atoms with van der Waals surface area (Å²) >= 11 is 1.74. The van der Waals surface area contributed by atoms with Gasteiger partial charge in [0, 0.05) is 32.1 Å². The van der Waals surface area contributed by atoms with Gasteiger partial charge in [-0.2, -0.15) is 0 Å². The summed E-state index contributed by atoms with van der Waals surface area (Å²) in [6.45, 7) is 7.17. The van der Waals surface area contributed by atoms with Gasteiger partial charge in [0.1, 0.15) is 16.5 Å². The summed E-state index contributed by atoms with van der Waals surface area (Å²) < 4.78 is 0. The third-order valence-corrected chi connectivity index (χ3v) is 6.89. The smallest absolute Gasteiger partial charge is 0.141 e. The van der Waals surface area contributed by atoms with Crippen LogP contribution >= 0.6 is 11.3 Å². The Balaban J connectivity index is 1.47. The Labute approximate surface area is 141 Å². The van der Waals surface area contributed by atoms with Gasteiger partial charge in [-0.3, -0.25) is 4.90 Å². The second-order valence-electron chi connectivity index (χ2n) is 7.34. The van der Waals surface area contributed by atoms with Crippen molar-refractivity contribution >= 4 is 27.4 Å². The fraction of sp³-hybridized carbons (Fsp3) is 0.667. The van der Waals surface area contributed by atoms with Crippen LogP contribution in [0, 0.1) is 11.8 Å². The monoisotopic (exact) mass is 328 g/mol. The largest absolute Gasteiger partial charge is 0.355 e. The minimum absolute atomic E-state index is 0.837. The Morgan fingerprint density at radius 1 is 1.22 bits per heavy atom. The minimum atomic E-state index is 0.837. The number of piperidine rings is 1. The highest BCUT2D eigenvalue weighted by atomic mass is 32.1. The Morgan fingerprint density at radius 3 is 3.09 bits per heavy atom. The third kappa shape index (κ3) is 2.20. The van der Waals surface area contributed by atoms with Gasteiger partial charge >= 0.3 is 0 Å². The van der Waals surface area contributed by atoms with Gasteiger partial charge in [-0.05, 0) is 42.7 Å². The molecule has 5 rings (SSSR count). The third-order valence-electron chi connectivity index (χ3n) is 6.09. The number of rotatable bonds is 2. The molecular weight excluding hydrogens is 304 g/mol. The van der Waals surface area contributed by atoms with Crippen LogP contribution in [0.4, 0.5) is 5.82 Å². The van der Waals surface area contributed by atoms with Crippen molar-refractivity contribution in [3.8, 4) is 0 Å². The molecule has 3 unspecified atom stereocenters. The van der Waals surface area contributed by atoms with E-state index in [1.807, 2.05) is 0 Å². The van der Waals surface area contributed by atoms with E-state index in [9.17, 15) is 0 Å². The van der Waals surface area contributed by atoms with Gasteiger partial charge in [0.15, 0.2) is 0 Å². The standard InChI is InChI=1S/C18H24N4S/c1-2-16-19-17(13-6-8-23-18(13)20-16)22-10-12-9-21-7-4-3-5-15(21)14(12)11-22/h6,8,12,14-15H,2-5,7,9-11H2,1H3. The van der Waals surface area contributed by atoms with Crippen molar-refractivity contribution < 1.29 is 0 Å². The molecule has 3 atom stereocenters. The summed E-state index contributed by atoms with van der Waals surface area (Å²) in [5, 5.41) is 3.41. The summed E-state index contributed by atoms with van der Waals surface area (Å²) in [6, 6.07) is 3.04. The van der Waals surface area contributed by atoms with Crippen molar-refractivity contribution in [2.75, 3.05) is 31.1 Å². The molecule has 0 bridgehead atoms. The molecule has 0 amide bonds. The molecule has 3 aliphatic heterocycles. The first-order valence-electron chi connectivity index (χ1n) is 9.06. The van der Waals surface area contributed by atoms with Crippen LogP contribution in [0.15, 0.2) is 11.4 Å². The Hall–Kier alpha value is -1.20. The lowest BCUT2D eigenvalue weighted by atomic mass is 9.90. The molecule has 5 heteroatoms. The molecule has 23 heavy (non-hydrogen) atoms. The van der Waals surface area contributed by atoms with Crippen molar-refractivity contribution in [3.05, 3.63) is 17.3 Å². The van der Waals surface area contributed by atoms with E-state index in [-0.39, 0.29) is 0 Å². The summed E-state index contributed by atoms with van der Waals surface area (Å²) in [7, 11) is 0. The van der Waals surface area contributed by atoms with Gasteiger partial charge in [-0.15, -0.1) is 11.3 Å². The van der Waals surface area contributed by atoms with Crippen LogP contribution < -0.4 is 4.90 Å². The predicted octanol–water partition coefficient (Wildman–Crippen LogP) is 3.17. The van der Waals surface area contributed by atoms with E-state index in [1.54, 1.807) is 11.3 Å². The molecule has 3 aliphatic rings. The summed E-state index contributed by atoms with van der Waals surface area (Å²) in [5.74, 6) is 3.88. The van der Waals surface area contributed by atoms with Crippen molar-refractivity contribution in [1.29, 1.82) is 0 Å². The molecule has 5 heterocycles. The lowest BCUT2D eigenvalue weighted by Crippen LogP contribution is -2.40. The van der Waals surface area contributed by atoms with Crippen molar-refractivity contribution in [3.63, 3.8) is 0 Å². The van der Waals surface area contributed by atoms with Crippen LogP contribution in [0.2, 0.25) is 0 Å². The molecule has 0 aromatic carbocycles. The maximum absolute atomic E-state index is 4.91. The first-order valence-corrected chi connectivity index (χ1v) is 9.94. The molecule has 0 aliphatic carbocycles. The second-order valence-corrected chi connectivity index (χ2v) is 8.24. The highest BCUT2D eigenvalue weighted by molar-refractivity contribution is 7.16. The van der Waals surface area contributed by atoms with Crippen molar-refractivity contribution in [2.45, 2.75) is 38.6 Å². The Bertz CT molecular complexity index is 727. The van der Waals surface area contributed by atoms with Crippen LogP contribution in [0.25, 0.3) is 10.2 Å². The highest BCUT2D eigenvalue weighted by Crippen LogP contribution is 2.42. The van der Waals surface area contributed by atoms with Crippen molar-refractivity contribution in [1.82, 2.24) is 14.9 Å². The second kappa shape index (κ2) is 5.42. The topological polar surface area (TPSA) is 32.3 Å². The first kappa shape index (κ1) is 14.2. The summed E-state index contributed by atoms with van der Waals surface area (Å²) in [6.07, 6.45) is 5.15.